The summed E-state index contributed by atoms with van der Waals surface area (Å²) in [5.41, 5.74) is 0.506. The highest BCUT2D eigenvalue weighted by Crippen LogP contribution is 2.37. The van der Waals surface area contributed by atoms with Crippen LogP contribution in [0.2, 0.25) is 0 Å². The molecule has 1 aliphatic rings. The van der Waals surface area contributed by atoms with Crippen LogP contribution in [0, 0.1) is 17.3 Å². The minimum absolute atomic E-state index is 0.506. The van der Waals surface area contributed by atoms with E-state index in [1.807, 2.05) is 0 Å². The predicted molar refractivity (Wildman–Crippen MR) is 81.9 cm³/mol. The average molecular weight is 253 g/mol. The van der Waals surface area contributed by atoms with Gasteiger partial charge in [0.25, 0.3) is 0 Å². The van der Waals surface area contributed by atoms with Crippen LogP contribution in [-0.4, -0.2) is 12.1 Å². The molecule has 1 fully saturated rings. The van der Waals surface area contributed by atoms with Crippen LogP contribution in [0.15, 0.2) is 0 Å². The van der Waals surface area contributed by atoms with Crippen molar-refractivity contribution in [3.63, 3.8) is 0 Å². The van der Waals surface area contributed by atoms with E-state index in [1.54, 1.807) is 0 Å². The zero-order valence-electron chi connectivity index (χ0n) is 13.6. The lowest BCUT2D eigenvalue weighted by molar-refractivity contribution is 0.151. The van der Waals surface area contributed by atoms with Crippen molar-refractivity contribution >= 4 is 0 Å². The average Bonchev–Trinajstić information content (AvgIpc) is 2.30. The summed E-state index contributed by atoms with van der Waals surface area (Å²) in [6.45, 7) is 14.2. The Morgan fingerprint density at radius 2 is 1.50 bits per heavy atom. The molecule has 0 spiro atoms. The first-order chi connectivity index (χ1) is 8.38. The van der Waals surface area contributed by atoms with Crippen molar-refractivity contribution in [1.82, 2.24) is 5.32 Å². The Morgan fingerprint density at radius 1 is 1.00 bits per heavy atom. The van der Waals surface area contributed by atoms with E-state index in [-0.39, 0.29) is 0 Å². The van der Waals surface area contributed by atoms with Crippen molar-refractivity contribution < 1.29 is 0 Å². The molecule has 0 heterocycles. The second kappa shape index (κ2) is 6.93. The van der Waals surface area contributed by atoms with E-state index in [0.29, 0.717) is 11.5 Å². The van der Waals surface area contributed by atoms with Gasteiger partial charge in [0.2, 0.25) is 0 Å². The van der Waals surface area contributed by atoms with E-state index in [2.05, 4.69) is 46.9 Å². The third-order valence-corrected chi connectivity index (χ3v) is 5.21. The van der Waals surface area contributed by atoms with Crippen LogP contribution in [0.25, 0.3) is 0 Å². The molecule has 1 N–H and O–H groups in total. The van der Waals surface area contributed by atoms with Gasteiger partial charge in [-0.3, -0.25) is 0 Å². The maximum atomic E-state index is 3.89. The lowest BCUT2D eigenvalue weighted by Gasteiger charge is -2.38. The van der Waals surface area contributed by atoms with E-state index >= 15 is 0 Å². The number of rotatable bonds is 5. The van der Waals surface area contributed by atoms with E-state index in [4.69, 9.17) is 0 Å². The molecule has 0 amide bonds. The van der Waals surface area contributed by atoms with Crippen molar-refractivity contribution in [3.8, 4) is 0 Å². The molecular formula is C17H35N. The zero-order chi connectivity index (χ0) is 13.8. The predicted octanol–water partition coefficient (Wildman–Crippen LogP) is 5.01. The minimum Gasteiger partial charge on any atom is -0.311 e. The first-order valence-electron chi connectivity index (χ1n) is 8.14. The Hall–Kier alpha value is -0.0400. The number of nitrogens with one attached hydrogen (secondary N) is 1. The Balaban J connectivity index is 2.35. The Bertz CT molecular complexity index is 216. The molecule has 0 saturated heterocycles. The minimum atomic E-state index is 0.506. The van der Waals surface area contributed by atoms with Crippen LogP contribution in [-0.2, 0) is 0 Å². The Morgan fingerprint density at radius 3 is 1.89 bits per heavy atom. The van der Waals surface area contributed by atoms with Crippen molar-refractivity contribution in [1.29, 1.82) is 0 Å². The number of hydrogen-bond donors (Lipinski definition) is 1. The van der Waals surface area contributed by atoms with Gasteiger partial charge < -0.3 is 5.32 Å². The second-order valence-electron chi connectivity index (χ2n) is 7.45. The zero-order valence-corrected chi connectivity index (χ0v) is 13.6. The number of hydrogen-bond acceptors (Lipinski definition) is 1. The highest BCUT2D eigenvalue weighted by Gasteiger charge is 2.30. The summed E-state index contributed by atoms with van der Waals surface area (Å²) < 4.78 is 0. The standard InChI is InChI=1S/C17H35N/c1-7-14(8-2)13(3)18-16-11-9-15(10-12-16)17(4,5)6/h13-16,18H,7-12H2,1-6H3. The quantitative estimate of drug-likeness (QED) is 0.726. The van der Waals surface area contributed by atoms with Gasteiger partial charge in [0.15, 0.2) is 0 Å². The molecule has 108 valence electrons. The molecule has 1 heteroatoms. The summed E-state index contributed by atoms with van der Waals surface area (Å²) >= 11 is 0. The van der Waals surface area contributed by atoms with Crippen LogP contribution in [0.4, 0.5) is 0 Å². The fourth-order valence-electron chi connectivity index (χ4n) is 3.63. The molecular weight excluding hydrogens is 218 g/mol. The third-order valence-electron chi connectivity index (χ3n) is 5.21. The van der Waals surface area contributed by atoms with E-state index in [9.17, 15) is 0 Å². The smallest absolute Gasteiger partial charge is 0.00698 e. The molecule has 1 rings (SSSR count). The molecule has 1 aliphatic carbocycles. The summed E-state index contributed by atoms with van der Waals surface area (Å²) in [4.78, 5) is 0. The van der Waals surface area contributed by atoms with Crippen molar-refractivity contribution in [2.45, 2.75) is 92.2 Å². The van der Waals surface area contributed by atoms with E-state index in [0.717, 1.165) is 17.9 Å². The first-order valence-corrected chi connectivity index (χ1v) is 8.14. The van der Waals surface area contributed by atoms with Gasteiger partial charge in [-0.05, 0) is 49.9 Å². The second-order valence-corrected chi connectivity index (χ2v) is 7.45. The summed E-state index contributed by atoms with van der Waals surface area (Å²) in [6, 6.07) is 1.47. The monoisotopic (exact) mass is 253 g/mol. The van der Waals surface area contributed by atoms with Gasteiger partial charge in [-0.2, -0.15) is 0 Å². The van der Waals surface area contributed by atoms with Crippen LogP contribution in [0.3, 0.4) is 0 Å². The van der Waals surface area contributed by atoms with Crippen LogP contribution in [0.5, 0.6) is 0 Å². The molecule has 0 aromatic heterocycles. The Labute approximate surface area is 115 Å². The largest absolute Gasteiger partial charge is 0.311 e. The molecule has 0 bridgehead atoms. The molecule has 1 atom stereocenters. The van der Waals surface area contributed by atoms with Gasteiger partial charge in [0.1, 0.15) is 0 Å². The molecule has 0 aliphatic heterocycles. The van der Waals surface area contributed by atoms with Gasteiger partial charge in [-0.15, -0.1) is 0 Å². The normalized spacial score (nSPS) is 27.5. The first kappa shape index (κ1) is 16.0. The van der Waals surface area contributed by atoms with Gasteiger partial charge in [0, 0.05) is 12.1 Å². The molecule has 0 aromatic carbocycles. The van der Waals surface area contributed by atoms with Gasteiger partial charge in [-0.1, -0.05) is 47.5 Å². The van der Waals surface area contributed by atoms with Crippen LogP contribution in [0.1, 0.15) is 80.1 Å². The molecule has 1 saturated carbocycles. The summed E-state index contributed by atoms with van der Waals surface area (Å²) in [7, 11) is 0. The van der Waals surface area contributed by atoms with Gasteiger partial charge in [0.05, 0.1) is 0 Å². The van der Waals surface area contributed by atoms with Gasteiger partial charge in [-0.25, -0.2) is 0 Å². The van der Waals surface area contributed by atoms with Crippen molar-refractivity contribution in [2.24, 2.45) is 17.3 Å². The van der Waals surface area contributed by atoms with Crippen LogP contribution >= 0.6 is 0 Å². The SMILES string of the molecule is CCC(CC)C(C)NC1CCC(C(C)(C)C)CC1. The molecule has 18 heavy (non-hydrogen) atoms. The summed E-state index contributed by atoms with van der Waals surface area (Å²) in [5, 5.41) is 3.89. The third kappa shape index (κ3) is 4.57. The van der Waals surface area contributed by atoms with Crippen molar-refractivity contribution in [2.75, 3.05) is 0 Å². The Kier molecular flexibility index (Phi) is 6.17. The lowest BCUT2D eigenvalue weighted by Crippen LogP contribution is -2.43. The maximum Gasteiger partial charge on any atom is 0.00698 e. The fourth-order valence-corrected chi connectivity index (χ4v) is 3.63. The maximum absolute atomic E-state index is 3.89. The van der Waals surface area contributed by atoms with E-state index in [1.165, 1.54) is 38.5 Å². The van der Waals surface area contributed by atoms with Crippen LogP contribution < -0.4 is 5.32 Å². The van der Waals surface area contributed by atoms with Crippen molar-refractivity contribution in [3.05, 3.63) is 0 Å². The topological polar surface area (TPSA) is 12.0 Å². The molecule has 1 unspecified atom stereocenters. The van der Waals surface area contributed by atoms with E-state index < -0.39 is 0 Å². The fraction of sp³-hybridized carbons (Fsp3) is 1.00. The summed E-state index contributed by atoms with van der Waals surface area (Å²) in [5.74, 6) is 1.78. The molecule has 0 radical (unpaired) electrons. The van der Waals surface area contributed by atoms with Gasteiger partial charge >= 0.3 is 0 Å². The lowest BCUT2D eigenvalue weighted by atomic mass is 9.71. The molecule has 0 aromatic rings. The highest BCUT2D eigenvalue weighted by molar-refractivity contribution is 4.85. The molecule has 1 nitrogen and oxygen atoms in total. The summed E-state index contributed by atoms with van der Waals surface area (Å²) in [6.07, 6.45) is 8.20. The highest BCUT2D eigenvalue weighted by atomic mass is 15.0.